The maximum absolute atomic E-state index is 12.9. The predicted octanol–water partition coefficient (Wildman–Crippen LogP) is 3.08. The van der Waals surface area contributed by atoms with Gasteiger partial charge < -0.3 is 5.32 Å². The lowest BCUT2D eigenvalue weighted by Gasteiger charge is -2.14. The Balaban J connectivity index is 1.98. The lowest BCUT2D eigenvalue weighted by molar-refractivity contribution is 0.570. The zero-order valence-electron chi connectivity index (χ0n) is 12.0. The van der Waals surface area contributed by atoms with Crippen LogP contribution in [0.1, 0.15) is 24.1 Å². The predicted molar refractivity (Wildman–Crippen MR) is 81.2 cm³/mol. The van der Waals surface area contributed by atoms with Gasteiger partial charge in [0.2, 0.25) is 0 Å². The van der Waals surface area contributed by atoms with Crippen LogP contribution in [0.4, 0.5) is 4.39 Å². The van der Waals surface area contributed by atoms with Crippen molar-refractivity contribution in [3.05, 3.63) is 65.5 Å². The number of nitrogens with one attached hydrogen (secondary N) is 1. The summed E-state index contributed by atoms with van der Waals surface area (Å²) in [6.45, 7) is 2.61. The van der Waals surface area contributed by atoms with Crippen LogP contribution in [0.5, 0.6) is 0 Å². The second kappa shape index (κ2) is 6.37. The largest absolute Gasteiger partial charge is 0.306 e. The molecule has 3 nitrogen and oxygen atoms in total. The molecule has 1 N–H and O–H groups in total. The highest BCUT2D eigenvalue weighted by atomic mass is 32.2. The Hall–Kier alpha value is -1.72. The molecule has 0 bridgehead atoms. The summed E-state index contributed by atoms with van der Waals surface area (Å²) in [5, 5.41) is 3.32. The van der Waals surface area contributed by atoms with Crippen LogP contribution < -0.4 is 5.32 Å². The van der Waals surface area contributed by atoms with Gasteiger partial charge in [-0.3, -0.25) is 0 Å². The molecule has 0 aliphatic carbocycles. The molecule has 112 valence electrons. The minimum atomic E-state index is -3.15. The monoisotopic (exact) mass is 307 g/mol. The van der Waals surface area contributed by atoms with Crippen molar-refractivity contribution in [2.75, 3.05) is 6.26 Å². The van der Waals surface area contributed by atoms with Crippen LogP contribution in [0.25, 0.3) is 0 Å². The van der Waals surface area contributed by atoms with Gasteiger partial charge in [-0.05, 0) is 42.3 Å². The zero-order valence-corrected chi connectivity index (χ0v) is 12.8. The van der Waals surface area contributed by atoms with Gasteiger partial charge in [0.05, 0.1) is 4.90 Å². The smallest absolute Gasteiger partial charge is 0.175 e. The van der Waals surface area contributed by atoms with Crippen molar-refractivity contribution in [1.82, 2.24) is 5.32 Å². The molecule has 5 heteroatoms. The van der Waals surface area contributed by atoms with Gasteiger partial charge in [-0.25, -0.2) is 12.8 Å². The fourth-order valence-corrected chi connectivity index (χ4v) is 2.63. The molecule has 0 saturated heterocycles. The van der Waals surface area contributed by atoms with Crippen molar-refractivity contribution < 1.29 is 12.8 Å². The third-order valence-corrected chi connectivity index (χ3v) is 4.46. The SMILES string of the molecule is CC(NCc1ccc(S(C)(=O)=O)cc1)c1ccc(F)cc1. The lowest BCUT2D eigenvalue weighted by Crippen LogP contribution is -2.18. The van der Waals surface area contributed by atoms with Gasteiger partial charge in [-0.2, -0.15) is 0 Å². The van der Waals surface area contributed by atoms with Crippen molar-refractivity contribution in [3.63, 3.8) is 0 Å². The van der Waals surface area contributed by atoms with Crippen LogP contribution in [-0.2, 0) is 16.4 Å². The molecule has 2 aromatic carbocycles. The first-order valence-electron chi connectivity index (χ1n) is 6.64. The normalized spacial score (nSPS) is 13.1. The average molecular weight is 307 g/mol. The molecule has 1 unspecified atom stereocenters. The molecule has 0 amide bonds. The molecule has 0 heterocycles. The molecule has 21 heavy (non-hydrogen) atoms. The third kappa shape index (κ3) is 4.37. The first kappa shape index (κ1) is 15.7. The van der Waals surface area contributed by atoms with E-state index in [9.17, 15) is 12.8 Å². The Kier molecular flexibility index (Phi) is 4.75. The molecule has 0 aliphatic rings. The first-order valence-corrected chi connectivity index (χ1v) is 8.53. The number of halogens is 1. The Bertz CT molecular complexity index is 694. The molecule has 2 aromatic rings. The van der Waals surface area contributed by atoms with E-state index in [-0.39, 0.29) is 11.9 Å². The van der Waals surface area contributed by atoms with Crippen molar-refractivity contribution in [1.29, 1.82) is 0 Å². The van der Waals surface area contributed by atoms with E-state index < -0.39 is 9.84 Å². The van der Waals surface area contributed by atoms with Gasteiger partial charge in [0.1, 0.15) is 5.82 Å². The van der Waals surface area contributed by atoms with E-state index in [1.54, 1.807) is 36.4 Å². The zero-order chi connectivity index (χ0) is 15.5. The van der Waals surface area contributed by atoms with E-state index in [2.05, 4.69) is 5.32 Å². The van der Waals surface area contributed by atoms with Gasteiger partial charge in [0.15, 0.2) is 9.84 Å². The van der Waals surface area contributed by atoms with Crippen molar-refractivity contribution in [2.45, 2.75) is 24.4 Å². The average Bonchev–Trinajstić information content (AvgIpc) is 2.45. The third-order valence-electron chi connectivity index (χ3n) is 3.33. The highest BCUT2D eigenvalue weighted by Gasteiger charge is 2.07. The summed E-state index contributed by atoms with van der Waals surface area (Å²) in [5.74, 6) is -0.248. The molecule has 0 aromatic heterocycles. The second-order valence-corrected chi connectivity index (χ2v) is 7.09. The maximum Gasteiger partial charge on any atom is 0.175 e. The van der Waals surface area contributed by atoms with Crippen LogP contribution in [-0.4, -0.2) is 14.7 Å². The molecular weight excluding hydrogens is 289 g/mol. The molecule has 2 rings (SSSR count). The van der Waals surface area contributed by atoms with E-state index in [0.717, 1.165) is 11.1 Å². The van der Waals surface area contributed by atoms with Crippen molar-refractivity contribution in [2.24, 2.45) is 0 Å². The van der Waals surface area contributed by atoms with Gasteiger partial charge in [0, 0.05) is 18.8 Å². The molecule has 1 atom stereocenters. The summed E-state index contributed by atoms with van der Waals surface area (Å²) in [4.78, 5) is 0.317. The highest BCUT2D eigenvalue weighted by Crippen LogP contribution is 2.15. The van der Waals surface area contributed by atoms with Crippen molar-refractivity contribution >= 4 is 9.84 Å². The number of rotatable bonds is 5. The fraction of sp³-hybridized carbons (Fsp3) is 0.250. The molecule has 0 fully saturated rings. The van der Waals surface area contributed by atoms with E-state index in [0.29, 0.717) is 11.4 Å². The summed E-state index contributed by atoms with van der Waals surface area (Å²) in [6, 6.07) is 13.3. The van der Waals surface area contributed by atoms with Crippen LogP contribution in [0.2, 0.25) is 0 Å². The summed E-state index contributed by atoms with van der Waals surface area (Å²) >= 11 is 0. The topological polar surface area (TPSA) is 46.2 Å². The summed E-state index contributed by atoms with van der Waals surface area (Å²) in [6.07, 6.45) is 1.19. The molecular formula is C16H18FNO2S. The number of hydrogen-bond acceptors (Lipinski definition) is 3. The molecule has 0 radical (unpaired) electrons. The Labute approximate surface area is 124 Å². The van der Waals surface area contributed by atoms with E-state index in [1.165, 1.54) is 18.4 Å². The van der Waals surface area contributed by atoms with Gasteiger partial charge >= 0.3 is 0 Å². The Morgan fingerprint density at radius 3 is 2.14 bits per heavy atom. The van der Waals surface area contributed by atoms with Gasteiger partial charge in [0.25, 0.3) is 0 Å². The summed E-state index contributed by atoms with van der Waals surface area (Å²) < 4.78 is 35.6. The second-order valence-electron chi connectivity index (χ2n) is 5.07. The minimum absolute atomic E-state index is 0.0835. The summed E-state index contributed by atoms with van der Waals surface area (Å²) in [5.41, 5.74) is 2.00. The van der Waals surface area contributed by atoms with Crippen LogP contribution in [0, 0.1) is 5.82 Å². The Morgan fingerprint density at radius 1 is 1.05 bits per heavy atom. The first-order chi connectivity index (χ1) is 9.86. The van der Waals surface area contributed by atoms with Crippen molar-refractivity contribution in [3.8, 4) is 0 Å². The van der Waals surface area contributed by atoms with E-state index in [1.807, 2.05) is 6.92 Å². The van der Waals surface area contributed by atoms with Crippen LogP contribution >= 0.6 is 0 Å². The number of hydrogen-bond donors (Lipinski definition) is 1. The van der Waals surface area contributed by atoms with E-state index >= 15 is 0 Å². The van der Waals surface area contributed by atoms with E-state index in [4.69, 9.17) is 0 Å². The number of benzene rings is 2. The lowest BCUT2D eigenvalue weighted by atomic mass is 10.1. The molecule has 0 aliphatic heterocycles. The van der Waals surface area contributed by atoms with Crippen LogP contribution in [0.3, 0.4) is 0 Å². The Morgan fingerprint density at radius 2 is 1.62 bits per heavy atom. The summed E-state index contributed by atoms with van der Waals surface area (Å²) in [7, 11) is -3.15. The minimum Gasteiger partial charge on any atom is -0.306 e. The van der Waals surface area contributed by atoms with Gasteiger partial charge in [-0.1, -0.05) is 24.3 Å². The van der Waals surface area contributed by atoms with Crippen LogP contribution in [0.15, 0.2) is 53.4 Å². The van der Waals surface area contributed by atoms with Gasteiger partial charge in [-0.15, -0.1) is 0 Å². The standard InChI is InChI=1S/C16H18FNO2S/c1-12(14-5-7-15(17)8-6-14)18-11-13-3-9-16(10-4-13)21(2,19)20/h3-10,12,18H,11H2,1-2H3. The fourth-order valence-electron chi connectivity index (χ4n) is 1.99. The highest BCUT2D eigenvalue weighted by molar-refractivity contribution is 7.90. The quantitative estimate of drug-likeness (QED) is 0.923. The molecule has 0 saturated carbocycles. The maximum atomic E-state index is 12.9. The molecule has 0 spiro atoms. The number of sulfone groups is 1.